The van der Waals surface area contributed by atoms with Gasteiger partial charge in [-0.05, 0) is 23.8 Å². The minimum atomic E-state index is -4.37. The number of hydrogen-bond donors (Lipinski definition) is 1. The van der Waals surface area contributed by atoms with E-state index in [0.29, 0.717) is 18.9 Å². The fourth-order valence-corrected chi connectivity index (χ4v) is 2.48. The molecular formula is C17H16F3N3O. The van der Waals surface area contributed by atoms with Crippen LogP contribution in [-0.2, 0) is 25.8 Å². The zero-order valence-corrected chi connectivity index (χ0v) is 12.8. The van der Waals surface area contributed by atoms with E-state index < -0.39 is 11.7 Å². The van der Waals surface area contributed by atoms with Crippen molar-refractivity contribution >= 4 is 0 Å². The van der Waals surface area contributed by atoms with Crippen molar-refractivity contribution in [1.82, 2.24) is 14.9 Å². The van der Waals surface area contributed by atoms with Gasteiger partial charge < -0.3 is 14.3 Å². The fraction of sp³-hybridized carbons (Fsp3) is 0.235. The Morgan fingerprint density at radius 1 is 1.08 bits per heavy atom. The van der Waals surface area contributed by atoms with Gasteiger partial charge in [-0.25, -0.2) is 4.98 Å². The Bertz CT molecular complexity index is 778. The first-order valence-corrected chi connectivity index (χ1v) is 7.42. The zero-order valence-electron chi connectivity index (χ0n) is 12.8. The van der Waals surface area contributed by atoms with Crippen LogP contribution in [0.15, 0.2) is 59.5 Å². The average Bonchev–Trinajstić information content (AvgIpc) is 3.19. The van der Waals surface area contributed by atoms with Gasteiger partial charge >= 0.3 is 6.18 Å². The molecule has 0 unspecified atom stereocenters. The number of benzene rings is 1. The lowest BCUT2D eigenvalue weighted by Gasteiger charge is -2.14. The summed E-state index contributed by atoms with van der Waals surface area (Å²) < 4.78 is 46.2. The Balaban J connectivity index is 1.70. The van der Waals surface area contributed by atoms with Crippen LogP contribution in [-0.4, -0.2) is 9.55 Å². The summed E-state index contributed by atoms with van der Waals surface area (Å²) >= 11 is 0. The molecule has 0 aliphatic carbocycles. The Labute approximate surface area is 136 Å². The molecule has 0 saturated carbocycles. The molecule has 0 fully saturated rings. The maximum Gasteiger partial charge on any atom is 0.416 e. The van der Waals surface area contributed by atoms with Crippen molar-refractivity contribution in [2.24, 2.45) is 0 Å². The highest BCUT2D eigenvalue weighted by molar-refractivity contribution is 5.30. The van der Waals surface area contributed by atoms with E-state index in [9.17, 15) is 13.2 Å². The van der Waals surface area contributed by atoms with Crippen LogP contribution in [0.3, 0.4) is 0 Å². The summed E-state index contributed by atoms with van der Waals surface area (Å²) in [5, 5.41) is 3.16. The fourth-order valence-electron chi connectivity index (χ4n) is 2.48. The van der Waals surface area contributed by atoms with Gasteiger partial charge in [0.2, 0.25) is 0 Å². The third-order valence-corrected chi connectivity index (χ3v) is 3.63. The predicted octanol–water partition coefficient (Wildman–Crippen LogP) is 3.83. The summed E-state index contributed by atoms with van der Waals surface area (Å²) in [7, 11) is 0. The van der Waals surface area contributed by atoms with Crippen LogP contribution in [0, 0.1) is 0 Å². The van der Waals surface area contributed by atoms with E-state index in [1.165, 1.54) is 12.1 Å². The van der Waals surface area contributed by atoms with Crippen molar-refractivity contribution in [3.63, 3.8) is 0 Å². The molecule has 0 amide bonds. The van der Waals surface area contributed by atoms with Gasteiger partial charge in [-0.3, -0.25) is 0 Å². The maximum atomic E-state index is 13.1. The van der Waals surface area contributed by atoms with Crippen molar-refractivity contribution in [2.75, 3.05) is 0 Å². The molecule has 0 atom stereocenters. The van der Waals surface area contributed by atoms with Crippen molar-refractivity contribution in [3.8, 4) is 0 Å². The lowest BCUT2D eigenvalue weighted by molar-refractivity contribution is -0.138. The topological polar surface area (TPSA) is 43.0 Å². The van der Waals surface area contributed by atoms with E-state index in [0.717, 1.165) is 11.8 Å². The third kappa shape index (κ3) is 3.86. The molecule has 0 saturated heterocycles. The summed E-state index contributed by atoms with van der Waals surface area (Å²) in [4.78, 5) is 4.21. The van der Waals surface area contributed by atoms with E-state index in [-0.39, 0.29) is 12.1 Å². The molecule has 1 N–H and O–H groups in total. The first-order chi connectivity index (χ1) is 11.5. The van der Waals surface area contributed by atoms with Crippen molar-refractivity contribution in [3.05, 3.63) is 77.8 Å². The van der Waals surface area contributed by atoms with Gasteiger partial charge in [0.1, 0.15) is 11.6 Å². The lowest BCUT2D eigenvalue weighted by atomic mass is 10.1. The van der Waals surface area contributed by atoms with Gasteiger partial charge in [-0.2, -0.15) is 13.2 Å². The van der Waals surface area contributed by atoms with Crippen LogP contribution in [0.1, 0.15) is 22.7 Å². The van der Waals surface area contributed by atoms with E-state index in [2.05, 4.69) is 10.3 Å². The highest BCUT2D eigenvalue weighted by Gasteiger charge is 2.32. The van der Waals surface area contributed by atoms with Crippen molar-refractivity contribution in [1.29, 1.82) is 0 Å². The van der Waals surface area contributed by atoms with Crippen LogP contribution in [0.4, 0.5) is 13.2 Å². The molecular weight excluding hydrogens is 319 g/mol. The Kier molecular flexibility index (Phi) is 4.71. The monoisotopic (exact) mass is 335 g/mol. The second-order valence-corrected chi connectivity index (χ2v) is 5.31. The smallest absolute Gasteiger partial charge is 0.416 e. The van der Waals surface area contributed by atoms with E-state index >= 15 is 0 Å². The largest absolute Gasteiger partial charge is 0.468 e. The second kappa shape index (κ2) is 6.92. The molecule has 0 bridgehead atoms. The number of aromatic nitrogens is 2. The lowest BCUT2D eigenvalue weighted by Crippen LogP contribution is -2.18. The maximum absolute atomic E-state index is 13.1. The molecule has 1 aromatic carbocycles. The summed E-state index contributed by atoms with van der Waals surface area (Å²) in [6.45, 7) is 1.08. The van der Waals surface area contributed by atoms with Gasteiger partial charge in [0.15, 0.2) is 0 Å². The summed E-state index contributed by atoms with van der Waals surface area (Å²) in [6, 6.07) is 9.23. The number of nitrogens with one attached hydrogen (secondary N) is 1. The predicted molar refractivity (Wildman–Crippen MR) is 82.0 cm³/mol. The number of nitrogens with zero attached hydrogens (tertiary/aromatic N) is 2. The van der Waals surface area contributed by atoms with Crippen LogP contribution in [0.25, 0.3) is 0 Å². The molecule has 4 nitrogen and oxygen atoms in total. The molecule has 3 rings (SSSR count). The molecule has 0 aliphatic rings. The summed E-state index contributed by atoms with van der Waals surface area (Å²) in [5.41, 5.74) is -0.400. The first-order valence-electron chi connectivity index (χ1n) is 7.42. The first kappa shape index (κ1) is 16.3. The van der Waals surface area contributed by atoms with Gasteiger partial charge in [-0.15, -0.1) is 0 Å². The number of halogens is 3. The minimum absolute atomic E-state index is 0.119. The van der Waals surface area contributed by atoms with Crippen molar-refractivity contribution < 1.29 is 17.6 Å². The standard InChI is InChI=1S/C17H16F3N3O/c18-17(19,20)15-6-2-1-4-13(15)12-23-8-7-22-16(23)11-21-10-14-5-3-9-24-14/h1-9,21H,10-12H2. The number of alkyl halides is 3. The van der Waals surface area contributed by atoms with E-state index in [1.807, 2.05) is 6.07 Å². The second-order valence-electron chi connectivity index (χ2n) is 5.31. The van der Waals surface area contributed by atoms with E-state index in [4.69, 9.17) is 4.42 Å². The highest BCUT2D eigenvalue weighted by Crippen LogP contribution is 2.32. The van der Waals surface area contributed by atoms with Crippen LogP contribution in [0.2, 0.25) is 0 Å². The molecule has 3 aromatic rings. The Hall–Kier alpha value is -2.54. The summed E-state index contributed by atoms with van der Waals surface area (Å²) in [6.07, 6.45) is 0.484. The molecule has 7 heteroatoms. The molecule has 126 valence electrons. The van der Waals surface area contributed by atoms with Crippen molar-refractivity contribution in [2.45, 2.75) is 25.8 Å². The van der Waals surface area contributed by atoms with Crippen LogP contribution >= 0.6 is 0 Å². The number of hydrogen-bond acceptors (Lipinski definition) is 3. The van der Waals surface area contributed by atoms with E-state index in [1.54, 1.807) is 35.4 Å². The highest BCUT2D eigenvalue weighted by atomic mass is 19.4. The quantitative estimate of drug-likeness (QED) is 0.744. The molecule has 0 radical (unpaired) electrons. The molecule has 2 aromatic heterocycles. The third-order valence-electron chi connectivity index (χ3n) is 3.63. The Morgan fingerprint density at radius 2 is 1.92 bits per heavy atom. The normalized spacial score (nSPS) is 11.8. The van der Waals surface area contributed by atoms with Gasteiger partial charge in [0.05, 0.1) is 24.9 Å². The molecule has 0 spiro atoms. The van der Waals surface area contributed by atoms with Gasteiger partial charge in [-0.1, -0.05) is 18.2 Å². The zero-order chi connectivity index (χ0) is 17.0. The van der Waals surface area contributed by atoms with Gasteiger partial charge in [0.25, 0.3) is 0 Å². The number of rotatable bonds is 6. The number of imidazole rings is 1. The molecule has 0 aliphatic heterocycles. The molecule has 24 heavy (non-hydrogen) atoms. The number of furan rings is 1. The van der Waals surface area contributed by atoms with Gasteiger partial charge in [0, 0.05) is 18.9 Å². The van der Waals surface area contributed by atoms with Crippen LogP contribution < -0.4 is 5.32 Å². The molecule has 2 heterocycles. The average molecular weight is 335 g/mol. The SMILES string of the molecule is FC(F)(F)c1ccccc1Cn1ccnc1CNCc1ccco1. The van der Waals surface area contributed by atoms with Crippen LogP contribution in [0.5, 0.6) is 0 Å². The Morgan fingerprint density at radius 3 is 2.67 bits per heavy atom. The summed E-state index contributed by atoms with van der Waals surface area (Å²) in [5.74, 6) is 1.45. The minimum Gasteiger partial charge on any atom is -0.468 e.